The molecule has 1 aliphatic rings. The zero-order valence-electron chi connectivity index (χ0n) is 13.2. The number of β-lactam (4-membered cyclic amide) rings is 1. The van der Waals surface area contributed by atoms with Crippen LogP contribution in [-0.2, 0) is 11.2 Å². The van der Waals surface area contributed by atoms with Crippen molar-refractivity contribution in [1.29, 1.82) is 0 Å². The van der Waals surface area contributed by atoms with Crippen LogP contribution in [0.4, 0.5) is 5.69 Å². The van der Waals surface area contributed by atoms with E-state index in [1.54, 1.807) is 4.90 Å². The Morgan fingerprint density at radius 3 is 2.39 bits per heavy atom. The number of nitrogens with one attached hydrogen (secondary N) is 1. The van der Waals surface area contributed by atoms with Crippen LogP contribution in [0.5, 0.6) is 0 Å². The Bertz CT molecular complexity index is 630. The largest absolute Gasteiger partial charge is 0.327 e. The highest BCUT2D eigenvalue weighted by molar-refractivity contribution is 6.03. The van der Waals surface area contributed by atoms with Gasteiger partial charge >= 0.3 is 0 Å². The molecule has 120 valence electrons. The molecule has 0 aromatic heterocycles. The van der Waals surface area contributed by atoms with Gasteiger partial charge in [-0.15, -0.1) is 0 Å². The molecule has 1 saturated heterocycles. The van der Waals surface area contributed by atoms with E-state index < -0.39 is 0 Å². The van der Waals surface area contributed by atoms with Crippen LogP contribution in [0.3, 0.4) is 0 Å². The lowest BCUT2D eigenvalue weighted by Gasteiger charge is -2.39. The standard InChI is InChI=1S/C19H23N3O/c20-16(12-11-15-7-3-1-4-8-15)13-21-18-14-22(19(18)23)17-9-5-2-6-10-17/h1-10,16,18,21H,11-14,20H2/t16-,18-/m0/s1. The molecule has 3 N–H and O–H groups in total. The van der Waals surface area contributed by atoms with Gasteiger partial charge in [-0.2, -0.15) is 0 Å². The zero-order valence-corrected chi connectivity index (χ0v) is 13.2. The zero-order chi connectivity index (χ0) is 16.1. The lowest BCUT2D eigenvalue weighted by atomic mass is 10.0. The number of nitrogens with zero attached hydrogens (tertiary/aromatic N) is 1. The summed E-state index contributed by atoms with van der Waals surface area (Å²) in [5, 5.41) is 3.29. The van der Waals surface area contributed by atoms with E-state index in [9.17, 15) is 4.79 Å². The van der Waals surface area contributed by atoms with Gasteiger partial charge in [0.2, 0.25) is 5.91 Å². The highest BCUT2D eigenvalue weighted by Gasteiger charge is 2.37. The van der Waals surface area contributed by atoms with Crippen molar-refractivity contribution in [3.8, 4) is 0 Å². The van der Waals surface area contributed by atoms with Gasteiger partial charge in [0.1, 0.15) is 6.04 Å². The first kappa shape index (κ1) is 15.7. The maximum atomic E-state index is 12.2. The Morgan fingerprint density at radius 2 is 1.74 bits per heavy atom. The second-order valence-electron chi connectivity index (χ2n) is 6.03. The van der Waals surface area contributed by atoms with E-state index >= 15 is 0 Å². The minimum atomic E-state index is -0.0991. The van der Waals surface area contributed by atoms with Crippen molar-refractivity contribution in [1.82, 2.24) is 5.32 Å². The third-order valence-corrected chi connectivity index (χ3v) is 4.27. The lowest BCUT2D eigenvalue weighted by molar-refractivity contribution is -0.124. The van der Waals surface area contributed by atoms with Gasteiger partial charge in [0.25, 0.3) is 0 Å². The number of aryl methyl sites for hydroxylation is 1. The van der Waals surface area contributed by atoms with Gasteiger partial charge in [0.05, 0.1) is 6.54 Å². The number of rotatable bonds is 7. The van der Waals surface area contributed by atoms with E-state index in [0.717, 1.165) is 18.5 Å². The molecule has 1 fully saturated rings. The average Bonchev–Trinajstić information content (AvgIpc) is 2.60. The molecule has 0 radical (unpaired) electrons. The third-order valence-electron chi connectivity index (χ3n) is 4.27. The van der Waals surface area contributed by atoms with Crippen LogP contribution in [-0.4, -0.2) is 31.1 Å². The molecule has 1 heterocycles. The Balaban J connectivity index is 1.39. The maximum Gasteiger partial charge on any atom is 0.246 e. The highest BCUT2D eigenvalue weighted by atomic mass is 16.2. The number of nitrogens with two attached hydrogens (primary N) is 1. The molecular weight excluding hydrogens is 286 g/mol. The molecule has 0 unspecified atom stereocenters. The second kappa shape index (κ2) is 7.40. The minimum Gasteiger partial charge on any atom is -0.327 e. The molecular formula is C19H23N3O. The fourth-order valence-electron chi connectivity index (χ4n) is 2.81. The van der Waals surface area contributed by atoms with Gasteiger partial charge in [-0.25, -0.2) is 0 Å². The van der Waals surface area contributed by atoms with Crippen LogP contribution in [0.2, 0.25) is 0 Å². The topological polar surface area (TPSA) is 58.4 Å². The summed E-state index contributed by atoms with van der Waals surface area (Å²) in [7, 11) is 0. The van der Waals surface area contributed by atoms with Crippen molar-refractivity contribution in [2.45, 2.75) is 24.9 Å². The number of para-hydroxylation sites is 1. The number of hydrogen-bond acceptors (Lipinski definition) is 3. The fourth-order valence-corrected chi connectivity index (χ4v) is 2.81. The number of carbonyl (C=O) groups excluding carboxylic acids is 1. The van der Waals surface area contributed by atoms with E-state index in [1.807, 2.05) is 48.5 Å². The minimum absolute atomic E-state index is 0.0637. The highest BCUT2D eigenvalue weighted by Crippen LogP contribution is 2.21. The molecule has 0 aliphatic carbocycles. The van der Waals surface area contributed by atoms with Gasteiger partial charge in [-0.3, -0.25) is 4.79 Å². The van der Waals surface area contributed by atoms with E-state index in [4.69, 9.17) is 5.73 Å². The van der Waals surface area contributed by atoms with E-state index in [-0.39, 0.29) is 18.0 Å². The van der Waals surface area contributed by atoms with Crippen LogP contribution in [0.15, 0.2) is 60.7 Å². The molecule has 2 aromatic carbocycles. The normalized spacial score (nSPS) is 18.6. The first-order valence-corrected chi connectivity index (χ1v) is 8.13. The molecule has 1 amide bonds. The van der Waals surface area contributed by atoms with E-state index in [0.29, 0.717) is 13.1 Å². The molecule has 0 bridgehead atoms. The second-order valence-corrected chi connectivity index (χ2v) is 6.03. The van der Waals surface area contributed by atoms with Crippen molar-refractivity contribution in [2.24, 2.45) is 5.73 Å². The number of hydrogen-bond donors (Lipinski definition) is 2. The molecule has 4 nitrogen and oxygen atoms in total. The van der Waals surface area contributed by atoms with Crippen molar-refractivity contribution in [3.63, 3.8) is 0 Å². The third kappa shape index (κ3) is 3.97. The Morgan fingerprint density at radius 1 is 1.09 bits per heavy atom. The number of amides is 1. The molecule has 0 saturated carbocycles. The van der Waals surface area contributed by atoms with Crippen molar-refractivity contribution < 1.29 is 4.79 Å². The van der Waals surface area contributed by atoms with Crippen LogP contribution in [0.1, 0.15) is 12.0 Å². The summed E-state index contributed by atoms with van der Waals surface area (Å²) in [4.78, 5) is 14.0. The van der Waals surface area contributed by atoms with Crippen LogP contribution in [0.25, 0.3) is 0 Å². The first-order valence-electron chi connectivity index (χ1n) is 8.13. The number of anilines is 1. The number of benzene rings is 2. The summed E-state index contributed by atoms with van der Waals surface area (Å²) < 4.78 is 0. The van der Waals surface area contributed by atoms with Gasteiger partial charge < -0.3 is 16.0 Å². The predicted octanol–water partition coefficient (Wildman–Crippen LogP) is 1.95. The Hall–Kier alpha value is -2.17. The molecule has 23 heavy (non-hydrogen) atoms. The monoisotopic (exact) mass is 309 g/mol. The van der Waals surface area contributed by atoms with Crippen molar-refractivity contribution in [3.05, 3.63) is 66.2 Å². The van der Waals surface area contributed by atoms with Gasteiger partial charge in [-0.1, -0.05) is 48.5 Å². The van der Waals surface area contributed by atoms with Crippen LogP contribution in [0, 0.1) is 0 Å². The summed E-state index contributed by atoms with van der Waals surface area (Å²) in [6, 6.07) is 20.1. The summed E-state index contributed by atoms with van der Waals surface area (Å²) in [6.07, 6.45) is 1.89. The van der Waals surface area contributed by atoms with Gasteiger partial charge in [0.15, 0.2) is 0 Å². The van der Waals surface area contributed by atoms with Crippen LogP contribution >= 0.6 is 0 Å². The summed E-state index contributed by atoms with van der Waals surface area (Å²) in [5.74, 6) is 0.131. The Kier molecular flexibility index (Phi) is 5.05. The SMILES string of the molecule is N[C@@H](CCc1ccccc1)CN[C@H]1CN(c2ccccc2)C1=O. The smallest absolute Gasteiger partial charge is 0.246 e. The average molecular weight is 309 g/mol. The predicted molar refractivity (Wildman–Crippen MR) is 93.3 cm³/mol. The van der Waals surface area contributed by atoms with E-state index in [2.05, 4.69) is 17.4 Å². The first-order chi connectivity index (χ1) is 11.2. The molecule has 4 heteroatoms. The summed E-state index contributed by atoms with van der Waals surface area (Å²) in [5.41, 5.74) is 8.42. The fraction of sp³-hybridized carbons (Fsp3) is 0.316. The summed E-state index contributed by atoms with van der Waals surface area (Å²) in [6.45, 7) is 1.39. The van der Waals surface area contributed by atoms with Gasteiger partial charge in [0, 0.05) is 18.3 Å². The molecule has 2 aromatic rings. The quantitative estimate of drug-likeness (QED) is 0.769. The molecule has 1 aliphatic heterocycles. The van der Waals surface area contributed by atoms with Crippen LogP contribution < -0.4 is 16.0 Å². The number of carbonyl (C=O) groups is 1. The van der Waals surface area contributed by atoms with E-state index in [1.165, 1.54) is 5.56 Å². The molecule has 3 rings (SSSR count). The maximum absolute atomic E-state index is 12.2. The summed E-state index contributed by atoms with van der Waals surface area (Å²) >= 11 is 0. The Labute approximate surface area is 137 Å². The molecule has 2 atom stereocenters. The van der Waals surface area contributed by atoms with Gasteiger partial charge in [-0.05, 0) is 30.5 Å². The molecule has 0 spiro atoms. The lowest BCUT2D eigenvalue weighted by Crippen LogP contribution is -2.64. The van der Waals surface area contributed by atoms with Crippen molar-refractivity contribution >= 4 is 11.6 Å². The van der Waals surface area contributed by atoms with Crippen molar-refractivity contribution in [2.75, 3.05) is 18.0 Å².